The fourth-order valence-electron chi connectivity index (χ4n) is 2.89. The zero-order valence-corrected chi connectivity index (χ0v) is 13.1. The van der Waals surface area contributed by atoms with Crippen molar-refractivity contribution in [1.29, 1.82) is 0 Å². The second-order valence-corrected chi connectivity index (χ2v) is 6.34. The van der Waals surface area contributed by atoms with Gasteiger partial charge in [-0.15, -0.1) is 5.10 Å². The van der Waals surface area contributed by atoms with E-state index in [2.05, 4.69) is 15.5 Å². The van der Waals surface area contributed by atoms with Gasteiger partial charge in [0, 0.05) is 12.1 Å². The summed E-state index contributed by atoms with van der Waals surface area (Å²) in [5, 5.41) is 12.8. The smallest absolute Gasteiger partial charge is 0.182 e. The number of hydrogen-bond acceptors (Lipinski definition) is 4. The SMILES string of the molecule is Nc1cc(-c2nnnn2CC2CCCCC2)cc(Cl)c1Cl. The summed E-state index contributed by atoms with van der Waals surface area (Å²) >= 11 is 12.1. The van der Waals surface area contributed by atoms with Crippen molar-refractivity contribution in [2.24, 2.45) is 5.92 Å². The van der Waals surface area contributed by atoms with Crippen LogP contribution >= 0.6 is 23.2 Å². The van der Waals surface area contributed by atoms with Gasteiger partial charge in [0.05, 0.1) is 15.7 Å². The van der Waals surface area contributed by atoms with Crippen molar-refractivity contribution in [3.8, 4) is 11.4 Å². The van der Waals surface area contributed by atoms with Crippen molar-refractivity contribution in [2.45, 2.75) is 38.6 Å². The number of rotatable bonds is 3. The predicted octanol–water partition coefficient (Wildman–Crippen LogP) is 3.81. The highest BCUT2D eigenvalue weighted by molar-refractivity contribution is 6.43. The first-order valence-corrected chi connectivity index (χ1v) is 7.92. The molecule has 0 atom stereocenters. The first-order valence-electron chi connectivity index (χ1n) is 7.16. The lowest BCUT2D eigenvalue weighted by molar-refractivity contribution is 0.307. The Kier molecular flexibility index (Phi) is 4.31. The minimum absolute atomic E-state index is 0.367. The van der Waals surface area contributed by atoms with E-state index in [1.165, 1.54) is 32.1 Å². The summed E-state index contributed by atoms with van der Waals surface area (Å²) in [5.41, 5.74) is 7.10. The molecule has 7 heteroatoms. The number of anilines is 1. The molecule has 1 aromatic carbocycles. The molecule has 1 aliphatic carbocycles. The quantitative estimate of drug-likeness (QED) is 0.871. The van der Waals surface area contributed by atoms with E-state index in [1.807, 2.05) is 4.68 Å². The first kappa shape index (κ1) is 14.6. The van der Waals surface area contributed by atoms with Crippen molar-refractivity contribution in [3.63, 3.8) is 0 Å². The number of nitrogens with two attached hydrogens (primary N) is 1. The highest BCUT2D eigenvalue weighted by atomic mass is 35.5. The maximum atomic E-state index is 6.09. The molecule has 3 rings (SSSR count). The summed E-state index contributed by atoms with van der Waals surface area (Å²) in [4.78, 5) is 0. The fourth-order valence-corrected chi connectivity index (χ4v) is 3.22. The van der Waals surface area contributed by atoms with Crippen LogP contribution in [-0.2, 0) is 6.54 Å². The van der Waals surface area contributed by atoms with Gasteiger partial charge < -0.3 is 5.73 Å². The summed E-state index contributed by atoms with van der Waals surface area (Å²) in [6.07, 6.45) is 6.40. The van der Waals surface area contributed by atoms with E-state index < -0.39 is 0 Å². The number of nitrogen functional groups attached to an aromatic ring is 1. The predicted molar refractivity (Wildman–Crippen MR) is 84.3 cm³/mol. The minimum Gasteiger partial charge on any atom is -0.397 e. The lowest BCUT2D eigenvalue weighted by Crippen LogP contribution is -2.16. The Morgan fingerprint density at radius 2 is 1.95 bits per heavy atom. The molecule has 0 unspecified atom stereocenters. The van der Waals surface area contributed by atoms with Crippen LogP contribution in [0.15, 0.2) is 12.1 Å². The molecule has 0 bridgehead atoms. The highest BCUT2D eigenvalue weighted by Crippen LogP contribution is 2.33. The van der Waals surface area contributed by atoms with Gasteiger partial charge in [0.1, 0.15) is 0 Å². The van der Waals surface area contributed by atoms with Crippen LogP contribution in [0.2, 0.25) is 10.0 Å². The first-order chi connectivity index (χ1) is 10.1. The molecule has 2 aromatic rings. The third-order valence-corrected chi connectivity index (χ3v) is 4.82. The van der Waals surface area contributed by atoms with Crippen LogP contribution in [0.3, 0.4) is 0 Å². The lowest BCUT2D eigenvalue weighted by atomic mass is 9.89. The molecular weight excluding hydrogens is 309 g/mol. The van der Waals surface area contributed by atoms with Gasteiger partial charge in [-0.05, 0) is 41.3 Å². The number of nitrogens with zero attached hydrogens (tertiary/aromatic N) is 4. The molecule has 1 heterocycles. The van der Waals surface area contributed by atoms with Gasteiger partial charge in [-0.1, -0.05) is 42.5 Å². The number of hydrogen-bond donors (Lipinski definition) is 1. The third kappa shape index (κ3) is 3.14. The third-order valence-electron chi connectivity index (χ3n) is 4.00. The van der Waals surface area contributed by atoms with Gasteiger partial charge in [-0.2, -0.15) is 0 Å². The van der Waals surface area contributed by atoms with E-state index in [9.17, 15) is 0 Å². The molecule has 0 amide bonds. The Morgan fingerprint density at radius 1 is 1.19 bits per heavy atom. The molecule has 1 saturated carbocycles. The van der Waals surface area contributed by atoms with Crippen LogP contribution in [-0.4, -0.2) is 20.2 Å². The molecule has 2 N–H and O–H groups in total. The summed E-state index contributed by atoms with van der Waals surface area (Å²) in [5.74, 6) is 1.33. The highest BCUT2D eigenvalue weighted by Gasteiger charge is 2.18. The number of benzene rings is 1. The number of aromatic nitrogens is 4. The largest absolute Gasteiger partial charge is 0.397 e. The van der Waals surface area contributed by atoms with Crippen LogP contribution in [0.4, 0.5) is 5.69 Å². The zero-order valence-electron chi connectivity index (χ0n) is 11.6. The van der Waals surface area contributed by atoms with Crippen molar-refractivity contribution >= 4 is 28.9 Å². The van der Waals surface area contributed by atoms with E-state index in [0.717, 1.165) is 12.1 Å². The molecule has 5 nitrogen and oxygen atoms in total. The Balaban J connectivity index is 1.88. The maximum Gasteiger partial charge on any atom is 0.182 e. The molecule has 0 radical (unpaired) electrons. The fraction of sp³-hybridized carbons (Fsp3) is 0.500. The second-order valence-electron chi connectivity index (χ2n) is 5.55. The normalized spacial score (nSPS) is 16.3. The van der Waals surface area contributed by atoms with Crippen LogP contribution in [0.5, 0.6) is 0 Å². The lowest BCUT2D eigenvalue weighted by Gasteiger charge is -2.21. The van der Waals surface area contributed by atoms with Crippen molar-refractivity contribution in [2.75, 3.05) is 5.73 Å². The van der Waals surface area contributed by atoms with Crippen molar-refractivity contribution in [3.05, 3.63) is 22.2 Å². The second kappa shape index (κ2) is 6.20. The molecule has 0 spiro atoms. The molecular formula is C14H17Cl2N5. The average molecular weight is 326 g/mol. The number of halogens is 2. The Morgan fingerprint density at radius 3 is 2.67 bits per heavy atom. The van der Waals surface area contributed by atoms with Crippen LogP contribution < -0.4 is 5.73 Å². The van der Waals surface area contributed by atoms with E-state index in [0.29, 0.717) is 27.5 Å². The summed E-state index contributed by atoms with van der Waals surface area (Å²) in [6.45, 7) is 0.836. The van der Waals surface area contributed by atoms with Crippen molar-refractivity contribution in [1.82, 2.24) is 20.2 Å². The average Bonchev–Trinajstić information content (AvgIpc) is 2.93. The van der Waals surface area contributed by atoms with E-state index >= 15 is 0 Å². The van der Waals surface area contributed by atoms with Crippen molar-refractivity contribution < 1.29 is 0 Å². The summed E-state index contributed by atoms with van der Waals surface area (Å²) in [6, 6.07) is 3.51. The topological polar surface area (TPSA) is 69.6 Å². The molecule has 0 aliphatic heterocycles. The van der Waals surface area contributed by atoms with E-state index in [1.54, 1.807) is 12.1 Å². The van der Waals surface area contributed by atoms with Crippen LogP contribution in [0.25, 0.3) is 11.4 Å². The molecule has 1 aromatic heterocycles. The van der Waals surface area contributed by atoms with Gasteiger partial charge in [0.15, 0.2) is 5.82 Å². The van der Waals surface area contributed by atoms with E-state index in [-0.39, 0.29) is 0 Å². The van der Waals surface area contributed by atoms with Gasteiger partial charge in [0.2, 0.25) is 0 Å². The van der Waals surface area contributed by atoms with Gasteiger partial charge in [-0.3, -0.25) is 0 Å². The Hall–Kier alpha value is -1.33. The molecule has 21 heavy (non-hydrogen) atoms. The Bertz CT molecular complexity index is 611. The molecule has 112 valence electrons. The Labute approximate surface area is 133 Å². The van der Waals surface area contributed by atoms with Gasteiger partial charge in [-0.25, -0.2) is 4.68 Å². The number of tetrazole rings is 1. The molecule has 0 saturated heterocycles. The molecule has 1 aliphatic rings. The van der Waals surface area contributed by atoms with Crippen LogP contribution in [0.1, 0.15) is 32.1 Å². The zero-order chi connectivity index (χ0) is 14.8. The van der Waals surface area contributed by atoms with Crippen LogP contribution in [0, 0.1) is 5.92 Å². The standard InChI is InChI=1S/C14H17Cl2N5/c15-11-6-10(7-12(17)13(11)16)14-18-19-20-21(14)8-9-4-2-1-3-5-9/h6-7,9H,1-5,8,17H2. The minimum atomic E-state index is 0.367. The van der Waals surface area contributed by atoms with E-state index in [4.69, 9.17) is 28.9 Å². The van der Waals surface area contributed by atoms with Gasteiger partial charge in [0.25, 0.3) is 0 Å². The van der Waals surface area contributed by atoms with Gasteiger partial charge >= 0.3 is 0 Å². The summed E-state index contributed by atoms with van der Waals surface area (Å²) < 4.78 is 1.84. The monoisotopic (exact) mass is 325 g/mol. The molecule has 1 fully saturated rings. The maximum absolute atomic E-state index is 6.09. The summed E-state index contributed by atoms with van der Waals surface area (Å²) in [7, 11) is 0.